The molecule has 0 aliphatic carbocycles. The molecule has 0 radical (unpaired) electrons. The van der Waals surface area contributed by atoms with Crippen LogP contribution in [-0.2, 0) is 0 Å². The lowest BCUT2D eigenvalue weighted by atomic mass is 10.3. The predicted molar refractivity (Wildman–Crippen MR) is 36.5 cm³/mol. The third-order valence-corrected chi connectivity index (χ3v) is 1.03. The highest BCUT2D eigenvalue weighted by Gasteiger charge is 1.90. The van der Waals surface area contributed by atoms with E-state index in [0.717, 1.165) is 0 Å². The molecule has 1 rings (SSSR count). The molecule has 0 aliphatic heterocycles. The van der Waals surface area contributed by atoms with E-state index in [4.69, 9.17) is 11.1 Å². The molecule has 1 heterocycles. The van der Waals surface area contributed by atoms with E-state index in [-0.39, 0.29) is 0 Å². The number of pyridine rings is 1. The van der Waals surface area contributed by atoms with Gasteiger partial charge in [0.2, 0.25) is 0 Å². The van der Waals surface area contributed by atoms with Crippen molar-refractivity contribution in [2.45, 2.75) is 0 Å². The molecule has 0 fully saturated rings. The van der Waals surface area contributed by atoms with Gasteiger partial charge in [0.25, 0.3) is 0 Å². The summed E-state index contributed by atoms with van der Waals surface area (Å²) in [6, 6.07) is 3.49. The largest absolute Gasteiger partial charge is 0.383 e. The highest BCUT2D eigenvalue weighted by atomic mass is 14.8. The second-order valence-electron chi connectivity index (χ2n) is 1.62. The van der Waals surface area contributed by atoms with E-state index < -0.39 is 0 Å². The Hall–Kier alpha value is -1.38. The molecule has 46 valence electrons. The normalized spacial score (nSPS) is 8.89. The summed E-state index contributed by atoms with van der Waals surface area (Å²) in [6.45, 7) is 0. The van der Waals surface area contributed by atoms with Crippen LogP contribution < -0.4 is 5.73 Å². The number of rotatable bonds is 1. The first kappa shape index (κ1) is 5.75. The molecule has 0 saturated carbocycles. The fraction of sp³-hybridized carbons (Fsp3) is 0. The van der Waals surface area contributed by atoms with Crippen molar-refractivity contribution < 1.29 is 0 Å². The Morgan fingerprint density at radius 3 is 2.89 bits per heavy atom. The van der Waals surface area contributed by atoms with Gasteiger partial charge >= 0.3 is 0 Å². The van der Waals surface area contributed by atoms with Gasteiger partial charge in [-0.15, -0.1) is 0 Å². The van der Waals surface area contributed by atoms with Crippen LogP contribution in [0.1, 0.15) is 5.56 Å². The lowest BCUT2D eigenvalue weighted by molar-refractivity contribution is 1.32. The molecule has 0 aliphatic rings. The van der Waals surface area contributed by atoms with Crippen molar-refractivity contribution in [3.05, 3.63) is 23.9 Å². The number of hydrogen-bond donors (Lipinski definition) is 2. The van der Waals surface area contributed by atoms with Gasteiger partial charge in [-0.25, -0.2) is 4.98 Å². The predicted octanol–water partition coefficient (Wildman–Crippen LogP) is 0.661. The van der Waals surface area contributed by atoms with Gasteiger partial charge in [0.1, 0.15) is 5.82 Å². The lowest BCUT2D eigenvalue weighted by Gasteiger charge is -1.93. The maximum absolute atomic E-state index is 6.84. The Morgan fingerprint density at radius 1 is 1.67 bits per heavy atom. The van der Waals surface area contributed by atoms with Gasteiger partial charge in [-0.3, -0.25) is 0 Å². The van der Waals surface area contributed by atoms with Crippen LogP contribution in [0.3, 0.4) is 0 Å². The summed E-state index contributed by atoms with van der Waals surface area (Å²) in [7, 11) is 0. The van der Waals surface area contributed by atoms with Gasteiger partial charge < -0.3 is 11.1 Å². The summed E-state index contributed by atoms with van der Waals surface area (Å²) in [6.07, 6.45) is 2.78. The Balaban J connectivity index is 3.15. The Morgan fingerprint density at radius 2 is 2.44 bits per heavy atom. The van der Waals surface area contributed by atoms with Crippen molar-refractivity contribution in [2.75, 3.05) is 5.73 Å². The number of anilines is 1. The van der Waals surface area contributed by atoms with Crippen LogP contribution in [0.25, 0.3) is 0 Å². The average Bonchev–Trinajstić information content (AvgIpc) is 1.89. The Kier molecular flexibility index (Phi) is 1.44. The topological polar surface area (TPSA) is 62.8 Å². The zero-order valence-electron chi connectivity index (χ0n) is 4.83. The molecule has 1 aromatic heterocycles. The van der Waals surface area contributed by atoms with Crippen LogP contribution in [0.15, 0.2) is 18.3 Å². The zero-order valence-corrected chi connectivity index (χ0v) is 4.83. The monoisotopic (exact) mass is 121 g/mol. The lowest BCUT2D eigenvalue weighted by Crippen LogP contribution is -1.94. The molecule has 3 N–H and O–H groups in total. The Bertz CT molecular complexity index is 219. The molecule has 3 nitrogen and oxygen atoms in total. The molecule has 0 saturated heterocycles. The number of aromatic nitrogens is 1. The molecular formula is C6H7N3. The molecule has 0 atom stereocenters. The van der Waals surface area contributed by atoms with E-state index in [1.165, 1.54) is 6.21 Å². The van der Waals surface area contributed by atoms with Crippen LogP contribution in [0.5, 0.6) is 0 Å². The minimum absolute atomic E-state index is 0.410. The quantitative estimate of drug-likeness (QED) is 0.536. The highest BCUT2D eigenvalue weighted by molar-refractivity contribution is 5.82. The minimum Gasteiger partial charge on any atom is -0.383 e. The zero-order chi connectivity index (χ0) is 6.69. The van der Waals surface area contributed by atoms with Gasteiger partial charge in [0.05, 0.1) is 0 Å². The number of nitrogens with zero attached hydrogens (tertiary/aromatic N) is 1. The van der Waals surface area contributed by atoms with Crippen molar-refractivity contribution >= 4 is 12.0 Å². The molecule has 9 heavy (non-hydrogen) atoms. The van der Waals surface area contributed by atoms with Gasteiger partial charge in [0.15, 0.2) is 0 Å². The second-order valence-corrected chi connectivity index (χ2v) is 1.62. The van der Waals surface area contributed by atoms with Crippen LogP contribution in [0.4, 0.5) is 5.82 Å². The first-order valence-corrected chi connectivity index (χ1v) is 2.55. The average molecular weight is 121 g/mol. The summed E-state index contributed by atoms with van der Waals surface area (Å²) < 4.78 is 0. The maximum Gasteiger partial charge on any atom is 0.132 e. The molecule has 1 aromatic rings. The molecule has 3 heteroatoms. The van der Waals surface area contributed by atoms with E-state index in [1.807, 2.05) is 0 Å². The number of nitrogen functional groups attached to an aromatic ring is 1. The number of hydrogen-bond acceptors (Lipinski definition) is 3. The molecule has 0 amide bonds. The second kappa shape index (κ2) is 2.26. The van der Waals surface area contributed by atoms with Gasteiger partial charge in [-0.1, -0.05) is 0 Å². The smallest absolute Gasteiger partial charge is 0.132 e. The van der Waals surface area contributed by atoms with Gasteiger partial charge in [0, 0.05) is 18.0 Å². The molecule has 0 bridgehead atoms. The van der Waals surface area contributed by atoms with E-state index in [9.17, 15) is 0 Å². The summed E-state index contributed by atoms with van der Waals surface area (Å²) in [5.41, 5.74) is 6.03. The SMILES string of the molecule is N=Cc1cccnc1N. The standard InChI is InChI=1S/C6H7N3/c7-4-5-2-1-3-9-6(5)8/h1-4,7H,(H2,8,9). The van der Waals surface area contributed by atoms with Gasteiger partial charge in [-0.05, 0) is 12.1 Å². The summed E-state index contributed by atoms with van der Waals surface area (Å²) in [5, 5.41) is 6.84. The van der Waals surface area contributed by atoms with E-state index in [2.05, 4.69) is 4.98 Å². The fourth-order valence-corrected chi connectivity index (χ4v) is 0.552. The van der Waals surface area contributed by atoms with Gasteiger partial charge in [-0.2, -0.15) is 0 Å². The van der Waals surface area contributed by atoms with Crippen molar-refractivity contribution in [1.82, 2.24) is 4.98 Å². The van der Waals surface area contributed by atoms with Crippen LogP contribution in [-0.4, -0.2) is 11.2 Å². The van der Waals surface area contributed by atoms with Crippen LogP contribution >= 0.6 is 0 Å². The maximum atomic E-state index is 6.84. The van der Waals surface area contributed by atoms with Crippen molar-refractivity contribution in [1.29, 1.82) is 5.41 Å². The third-order valence-electron chi connectivity index (χ3n) is 1.03. The summed E-state index contributed by atoms with van der Waals surface area (Å²) in [5.74, 6) is 0.410. The Labute approximate surface area is 53.0 Å². The van der Waals surface area contributed by atoms with E-state index >= 15 is 0 Å². The molecule has 0 unspecified atom stereocenters. The molecule has 0 spiro atoms. The van der Waals surface area contributed by atoms with E-state index in [1.54, 1.807) is 18.3 Å². The first-order chi connectivity index (χ1) is 4.34. The number of nitrogens with two attached hydrogens (primary N) is 1. The van der Waals surface area contributed by atoms with E-state index in [0.29, 0.717) is 11.4 Å². The first-order valence-electron chi connectivity index (χ1n) is 2.55. The fourth-order valence-electron chi connectivity index (χ4n) is 0.552. The van der Waals surface area contributed by atoms with Crippen LogP contribution in [0, 0.1) is 5.41 Å². The highest BCUT2D eigenvalue weighted by Crippen LogP contribution is 2.01. The third kappa shape index (κ3) is 1.05. The molecular weight excluding hydrogens is 114 g/mol. The van der Waals surface area contributed by atoms with Crippen molar-refractivity contribution in [3.8, 4) is 0 Å². The summed E-state index contributed by atoms with van der Waals surface area (Å²) in [4.78, 5) is 3.78. The van der Waals surface area contributed by atoms with Crippen LogP contribution in [0.2, 0.25) is 0 Å². The molecule has 0 aromatic carbocycles. The minimum atomic E-state index is 0.410. The number of nitrogens with one attached hydrogen (secondary N) is 1. The summed E-state index contributed by atoms with van der Waals surface area (Å²) >= 11 is 0. The van der Waals surface area contributed by atoms with Crippen molar-refractivity contribution in [3.63, 3.8) is 0 Å². The van der Waals surface area contributed by atoms with Crippen molar-refractivity contribution in [2.24, 2.45) is 0 Å².